The summed E-state index contributed by atoms with van der Waals surface area (Å²) in [7, 11) is 0. The van der Waals surface area contributed by atoms with Crippen LogP contribution in [0.2, 0.25) is 0 Å². The maximum Gasteiger partial charge on any atom is 0.351 e. The molecule has 1 aliphatic rings. The lowest BCUT2D eigenvalue weighted by molar-refractivity contribution is -0.291. The Kier molecular flexibility index (Phi) is 2.98. The Morgan fingerprint density at radius 1 is 1.53 bits per heavy atom. The van der Waals surface area contributed by atoms with Crippen LogP contribution in [0.25, 0.3) is 0 Å². The summed E-state index contributed by atoms with van der Waals surface area (Å²) in [6.45, 7) is -0.602. The molecule has 2 heterocycles. The van der Waals surface area contributed by atoms with E-state index in [9.17, 15) is 20.1 Å². The first-order valence-corrected chi connectivity index (χ1v) is 4.92. The molecule has 1 saturated heterocycles. The van der Waals surface area contributed by atoms with Crippen LogP contribution in [0.4, 0.5) is 0 Å². The number of nitrogens with zero attached hydrogens (tertiary/aromatic N) is 2. The molecule has 4 atom stereocenters. The molecule has 8 heteroatoms. The number of aliphatic hydroxyl groups is 4. The van der Waals surface area contributed by atoms with E-state index in [-0.39, 0.29) is 0 Å². The van der Waals surface area contributed by atoms with E-state index in [4.69, 9.17) is 9.84 Å². The fraction of sp³-hybridized carbons (Fsp3) is 0.556. The van der Waals surface area contributed by atoms with Crippen LogP contribution in [-0.2, 0) is 10.6 Å². The van der Waals surface area contributed by atoms with Gasteiger partial charge in [-0.25, -0.2) is 14.3 Å². The van der Waals surface area contributed by atoms with E-state index < -0.39 is 36.5 Å². The van der Waals surface area contributed by atoms with E-state index in [2.05, 4.69) is 4.98 Å². The van der Waals surface area contributed by atoms with Gasteiger partial charge in [0.1, 0.15) is 12.2 Å². The molecule has 0 unspecified atom stereocenters. The van der Waals surface area contributed by atoms with Gasteiger partial charge in [-0.15, -0.1) is 0 Å². The van der Waals surface area contributed by atoms with Gasteiger partial charge in [0.15, 0.2) is 6.10 Å². The molecule has 1 aromatic heterocycles. The predicted octanol–water partition coefficient (Wildman–Crippen LogP) is -3.04. The molecule has 0 aromatic carbocycles. The lowest BCUT2D eigenvalue weighted by Gasteiger charge is -2.27. The summed E-state index contributed by atoms with van der Waals surface area (Å²) < 4.78 is 5.57. The summed E-state index contributed by atoms with van der Waals surface area (Å²) in [5.41, 5.74) is -0.847. The minimum atomic E-state index is -2.43. The molecule has 0 aliphatic carbocycles. The SMILES string of the molecule is O=c1ncccn1[C@]1(O)O[C@H](CO)[C@@H](O)[C@@H]1O. The quantitative estimate of drug-likeness (QED) is 0.435. The number of hydrogen-bond acceptors (Lipinski definition) is 7. The van der Waals surface area contributed by atoms with E-state index in [1.807, 2.05) is 0 Å². The number of aliphatic hydroxyl groups excluding tert-OH is 3. The second kappa shape index (κ2) is 4.17. The summed E-state index contributed by atoms with van der Waals surface area (Å²) in [6, 6.07) is 1.36. The van der Waals surface area contributed by atoms with Crippen molar-refractivity contribution in [2.45, 2.75) is 24.2 Å². The highest BCUT2D eigenvalue weighted by Crippen LogP contribution is 2.31. The molecule has 0 saturated carbocycles. The van der Waals surface area contributed by atoms with Crippen molar-refractivity contribution in [3.05, 3.63) is 28.9 Å². The van der Waals surface area contributed by atoms with Gasteiger partial charge in [-0.3, -0.25) is 0 Å². The summed E-state index contributed by atoms with van der Waals surface area (Å²) >= 11 is 0. The third-order valence-corrected chi connectivity index (χ3v) is 2.65. The monoisotopic (exact) mass is 244 g/mol. The first-order chi connectivity index (χ1) is 8.00. The Bertz CT molecular complexity index is 463. The highest BCUT2D eigenvalue weighted by atomic mass is 16.7. The van der Waals surface area contributed by atoms with Crippen molar-refractivity contribution < 1.29 is 25.2 Å². The smallest absolute Gasteiger partial charge is 0.351 e. The molecule has 0 spiro atoms. The first-order valence-electron chi connectivity index (χ1n) is 4.92. The van der Waals surface area contributed by atoms with Crippen LogP contribution < -0.4 is 5.69 Å². The fourth-order valence-corrected chi connectivity index (χ4v) is 1.73. The van der Waals surface area contributed by atoms with E-state index in [0.717, 1.165) is 6.20 Å². The van der Waals surface area contributed by atoms with Crippen LogP contribution in [0.15, 0.2) is 23.3 Å². The van der Waals surface area contributed by atoms with E-state index >= 15 is 0 Å². The van der Waals surface area contributed by atoms with E-state index in [1.165, 1.54) is 12.3 Å². The van der Waals surface area contributed by atoms with Gasteiger partial charge >= 0.3 is 5.69 Å². The Morgan fingerprint density at radius 3 is 2.76 bits per heavy atom. The predicted molar refractivity (Wildman–Crippen MR) is 52.7 cm³/mol. The van der Waals surface area contributed by atoms with Gasteiger partial charge in [0.25, 0.3) is 5.91 Å². The topological polar surface area (TPSA) is 125 Å². The normalized spacial score (nSPS) is 37.3. The Balaban J connectivity index is 2.44. The molecule has 0 radical (unpaired) electrons. The highest BCUT2D eigenvalue weighted by molar-refractivity contribution is 4.96. The molecule has 17 heavy (non-hydrogen) atoms. The third-order valence-electron chi connectivity index (χ3n) is 2.65. The van der Waals surface area contributed by atoms with Crippen LogP contribution in [-0.4, -0.2) is 54.9 Å². The van der Waals surface area contributed by atoms with Crippen molar-refractivity contribution >= 4 is 0 Å². The Morgan fingerprint density at radius 2 is 2.24 bits per heavy atom. The van der Waals surface area contributed by atoms with Crippen LogP contribution in [0.3, 0.4) is 0 Å². The maximum absolute atomic E-state index is 11.4. The highest BCUT2D eigenvalue weighted by Gasteiger charge is 2.55. The summed E-state index contributed by atoms with van der Waals surface area (Å²) in [4.78, 5) is 14.8. The summed E-state index contributed by atoms with van der Waals surface area (Å²) in [5.74, 6) is -2.43. The van der Waals surface area contributed by atoms with Gasteiger partial charge in [-0.2, -0.15) is 0 Å². The number of aromatic nitrogens is 2. The van der Waals surface area contributed by atoms with Gasteiger partial charge in [-0.05, 0) is 6.07 Å². The second-order valence-corrected chi connectivity index (χ2v) is 3.71. The molecule has 1 fully saturated rings. The van der Waals surface area contributed by atoms with Gasteiger partial charge in [0, 0.05) is 12.4 Å². The average molecular weight is 244 g/mol. The van der Waals surface area contributed by atoms with E-state index in [0.29, 0.717) is 4.57 Å². The summed E-state index contributed by atoms with van der Waals surface area (Å²) in [6.07, 6.45) is -2.07. The average Bonchev–Trinajstić information content (AvgIpc) is 2.55. The maximum atomic E-state index is 11.4. The van der Waals surface area contributed by atoms with E-state index in [1.54, 1.807) is 0 Å². The lowest BCUT2D eigenvalue weighted by atomic mass is 10.1. The zero-order valence-corrected chi connectivity index (χ0v) is 8.67. The molecule has 4 N–H and O–H groups in total. The van der Waals surface area contributed by atoms with Gasteiger partial charge in [0.2, 0.25) is 0 Å². The molecular weight excluding hydrogens is 232 g/mol. The minimum Gasteiger partial charge on any atom is -0.394 e. The molecular formula is C9H12N2O6. The number of rotatable bonds is 2. The van der Waals surface area contributed by atoms with Crippen molar-refractivity contribution in [1.82, 2.24) is 9.55 Å². The molecule has 94 valence electrons. The van der Waals surface area contributed by atoms with Crippen molar-refractivity contribution in [3.8, 4) is 0 Å². The minimum absolute atomic E-state index is 0.602. The van der Waals surface area contributed by atoms with Crippen molar-refractivity contribution in [1.29, 1.82) is 0 Å². The standard InChI is InChI=1S/C9H12N2O6/c12-4-5-6(13)7(14)9(16,17-5)11-3-1-2-10-8(11)15/h1-3,5-7,12-14,16H,4H2/t5-,6-,7+,9-/m1/s1. The second-order valence-electron chi connectivity index (χ2n) is 3.71. The molecule has 1 aromatic rings. The van der Waals surface area contributed by atoms with Crippen molar-refractivity contribution in [2.24, 2.45) is 0 Å². The van der Waals surface area contributed by atoms with Crippen LogP contribution in [0, 0.1) is 0 Å². The molecule has 0 amide bonds. The fourth-order valence-electron chi connectivity index (χ4n) is 1.73. The largest absolute Gasteiger partial charge is 0.394 e. The van der Waals surface area contributed by atoms with Gasteiger partial charge in [0.05, 0.1) is 6.61 Å². The van der Waals surface area contributed by atoms with Crippen LogP contribution in [0.5, 0.6) is 0 Å². The molecule has 8 nitrogen and oxygen atoms in total. The molecule has 0 bridgehead atoms. The number of hydrogen-bond donors (Lipinski definition) is 4. The Labute approximate surface area is 95.4 Å². The van der Waals surface area contributed by atoms with Gasteiger partial charge < -0.3 is 25.2 Å². The third kappa shape index (κ3) is 1.75. The van der Waals surface area contributed by atoms with Crippen LogP contribution in [0.1, 0.15) is 0 Å². The van der Waals surface area contributed by atoms with Gasteiger partial charge in [-0.1, -0.05) is 0 Å². The Hall–Kier alpha value is -1.32. The van der Waals surface area contributed by atoms with Crippen molar-refractivity contribution in [3.63, 3.8) is 0 Å². The number of ether oxygens (including phenoxy) is 1. The molecule has 1 aliphatic heterocycles. The van der Waals surface area contributed by atoms with Crippen molar-refractivity contribution in [2.75, 3.05) is 6.61 Å². The zero-order valence-electron chi connectivity index (χ0n) is 8.67. The summed E-state index contributed by atoms with van der Waals surface area (Å²) in [5, 5.41) is 38.1. The van der Waals surface area contributed by atoms with Crippen LogP contribution >= 0.6 is 0 Å². The molecule has 2 rings (SSSR count). The lowest BCUT2D eigenvalue weighted by Crippen LogP contribution is -2.50. The first kappa shape index (κ1) is 12.1. The zero-order chi connectivity index (χ0) is 12.6.